The van der Waals surface area contributed by atoms with Crippen LogP contribution in [0.1, 0.15) is 5.69 Å². The van der Waals surface area contributed by atoms with E-state index in [-0.39, 0.29) is 15.8 Å². The Bertz CT molecular complexity index is 1290. The summed E-state index contributed by atoms with van der Waals surface area (Å²) in [6, 6.07) is 1.74. The van der Waals surface area contributed by atoms with Crippen molar-refractivity contribution in [1.29, 1.82) is 5.26 Å². The van der Waals surface area contributed by atoms with Crippen molar-refractivity contribution < 1.29 is 36.3 Å². The number of anilines is 2. The van der Waals surface area contributed by atoms with Crippen LogP contribution in [-0.2, 0) is 20.0 Å². The lowest BCUT2D eigenvalue weighted by molar-refractivity contribution is 0.364. The van der Waals surface area contributed by atoms with Gasteiger partial charge < -0.3 is 5.73 Å². The molecule has 0 atom stereocenters. The van der Waals surface area contributed by atoms with E-state index in [4.69, 9.17) is 17.3 Å². The Morgan fingerprint density at radius 2 is 1.63 bits per heavy atom. The van der Waals surface area contributed by atoms with Gasteiger partial charge in [0.1, 0.15) is 16.7 Å². The van der Waals surface area contributed by atoms with Gasteiger partial charge in [0.15, 0.2) is 11.5 Å². The topological polar surface area (TPSA) is 139 Å². The van der Waals surface area contributed by atoms with E-state index in [0.29, 0.717) is 23.3 Å². The maximum absolute atomic E-state index is 12.9. The molecule has 30 heavy (non-hydrogen) atoms. The molecule has 2 rings (SSSR count). The molecule has 1 heterocycles. The van der Waals surface area contributed by atoms with Crippen LogP contribution in [0.3, 0.4) is 0 Å². The molecule has 2 N–H and O–H groups in total. The zero-order chi connectivity index (χ0) is 23.6. The smallest absolute Gasteiger partial charge is 0.310 e. The third kappa shape index (κ3) is 4.55. The molecule has 9 nitrogen and oxygen atoms in total. The first kappa shape index (κ1) is 24.0. The van der Waals surface area contributed by atoms with E-state index in [0.717, 1.165) is 0 Å². The minimum atomic E-state index is -10.1. The Morgan fingerprint density at radius 3 is 2.00 bits per heavy atom. The highest BCUT2D eigenvalue weighted by Crippen LogP contribution is 3.02. The lowest BCUT2D eigenvalue weighted by Crippen LogP contribution is -2.36. The molecule has 18 heteroatoms. The van der Waals surface area contributed by atoms with Gasteiger partial charge >= 0.3 is 10.2 Å². The Hall–Kier alpha value is -2.29. The van der Waals surface area contributed by atoms with Gasteiger partial charge in [0.2, 0.25) is 20.0 Å². The largest absolute Gasteiger partial charge is 0.382 e. The number of halogens is 6. The summed E-state index contributed by atoms with van der Waals surface area (Å²) in [7, 11) is -19.2. The molecule has 168 valence electrons. The molecule has 0 spiro atoms. The van der Waals surface area contributed by atoms with E-state index in [1.807, 2.05) is 0 Å². The Morgan fingerprint density at radius 1 is 1.13 bits per heavy atom. The first-order valence-corrected chi connectivity index (χ1v) is 13.1. The van der Waals surface area contributed by atoms with Crippen molar-refractivity contribution in [2.24, 2.45) is 0 Å². The zero-order valence-corrected chi connectivity index (χ0v) is 17.9. The van der Waals surface area contributed by atoms with Gasteiger partial charge in [0.05, 0.1) is 23.2 Å². The molecule has 0 unspecified atom stereocenters. The number of nitriles is 1. The third-order valence-electron chi connectivity index (χ3n) is 3.38. The van der Waals surface area contributed by atoms with Crippen molar-refractivity contribution in [3.8, 4) is 11.8 Å². The number of hydrogen-bond donors (Lipinski definition) is 1. The molecule has 0 aliphatic carbocycles. The second-order valence-corrected chi connectivity index (χ2v) is 12.6. The molecule has 0 radical (unpaired) electrons. The quantitative estimate of drug-likeness (QED) is 0.602. The number of nitrogens with zero attached hydrogens (tertiary/aromatic N) is 4. The predicted molar refractivity (Wildman–Crippen MR) is 101 cm³/mol. The first-order valence-electron chi connectivity index (χ1n) is 7.11. The number of nitrogens with two attached hydrogens (primary N) is 1. The molecular weight excluding hydrogens is 505 g/mol. The molecule has 0 fully saturated rings. The van der Waals surface area contributed by atoms with Gasteiger partial charge in [0.25, 0.3) is 0 Å². The van der Waals surface area contributed by atoms with Crippen LogP contribution in [-0.4, -0.2) is 39.1 Å². The predicted octanol–water partition coefficient (Wildman–Crippen LogP) is 3.36. The van der Waals surface area contributed by atoms with Crippen LogP contribution in [0.5, 0.6) is 0 Å². The van der Waals surface area contributed by atoms with Crippen LogP contribution in [0.15, 0.2) is 23.1 Å². The fourth-order valence-corrected chi connectivity index (χ4v) is 6.32. The standard InChI is InChI=1S/C12H11ClF5N5O4S3/c1-28(24,25)23(29(2,26)27)11-9(6-19)21-22(12(11)20)10-4-3-7(5-8(10)13)30(14,15,16,17)18/h3-5H,20H2,1-2H3. The number of rotatable bonds is 5. The van der Waals surface area contributed by atoms with Gasteiger partial charge in [-0.2, -0.15) is 14.1 Å². The summed E-state index contributed by atoms with van der Waals surface area (Å²) in [5.74, 6) is -0.815. The Labute approximate surface area is 172 Å². The molecule has 0 aliphatic rings. The van der Waals surface area contributed by atoms with Gasteiger partial charge in [-0.1, -0.05) is 31.0 Å². The molecule has 0 bridgehead atoms. The number of sulfonamides is 2. The van der Waals surface area contributed by atoms with Crippen LogP contribution in [0, 0.1) is 11.3 Å². The fourth-order valence-electron chi connectivity index (χ4n) is 2.34. The van der Waals surface area contributed by atoms with E-state index >= 15 is 0 Å². The Balaban J connectivity index is 2.84. The maximum Gasteiger partial charge on any atom is 0.310 e. The van der Waals surface area contributed by atoms with Gasteiger partial charge in [-0.25, -0.2) is 21.5 Å². The van der Waals surface area contributed by atoms with E-state index in [1.165, 1.54) is 6.07 Å². The highest BCUT2D eigenvalue weighted by molar-refractivity contribution is 8.45. The fraction of sp³-hybridized carbons (Fsp3) is 0.167. The highest BCUT2D eigenvalue weighted by atomic mass is 35.5. The lowest BCUT2D eigenvalue weighted by Gasteiger charge is -2.40. The summed E-state index contributed by atoms with van der Waals surface area (Å²) in [4.78, 5) is -2.32. The molecule has 0 amide bonds. The van der Waals surface area contributed by atoms with Gasteiger partial charge in [-0.15, -0.1) is 0 Å². The van der Waals surface area contributed by atoms with Crippen molar-refractivity contribution in [1.82, 2.24) is 9.78 Å². The lowest BCUT2D eigenvalue weighted by atomic mass is 10.3. The number of nitrogen functional groups attached to an aromatic ring is 1. The first-order chi connectivity index (χ1) is 13.1. The second kappa shape index (κ2) is 6.12. The molecule has 1 aromatic heterocycles. The van der Waals surface area contributed by atoms with Gasteiger partial charge in [0, 0.05) is 0 Å². The molecule has 0 saturated heterocycles. The second-order valence-electron chi connectivity index (χ2n) is 5.91. The molecule has 0 aliphatic heterocycles. The van der Waals surface area contributed by atoms with Crippen molar-refractivity contribution in [3.05, 3.63) is 28.9 Å². The van der Waals surface area contributed by atoms with Crippen LogP contribution in [0.4, 0.5) is 30.9 Å². The van der Waals surface area contributed by atoms with Crippen LogP contribution < -0.4 is 9.44 Å². The van der Waals surface area contributed by atoms with Crippen LogP contribution >= 0.6 is 21.8 Å². The van der Waals surface area contributed by atoms with Gasteiger partial charge in [-0.05, 0) is 18.2 Å². The average Bonchev–Trinajstić information content (AvgIpc) is 2.79. The highest BCUT2D eigenvalue weighted by Gasteiger charge is 2.65. The number of benzene rings is 1. The summed E-state index contributed by atoms with van der Waals surface area (Å²) >= 11 is 5.67. The minimum absolute atomic E-state index is 0.0134. The normalized spacial score (nSPS) is 15.2. The minimum Gasteiger partial charge on any atom is -0.382 e. The number of hydrogen-bond acceptors (Lipinski definition) is 7. The number of aromatic nitrogens is 2. The van der Waals surface area contributed by atoms with Crippen LogP contribution in [0.2, 0.25) is 5.02 Å². The zero-order valence-electron chi connectivity index (χ0n) is 14.7. The van der Waals surface area contributed by atoms with E-state index in [1.54, 1.807) is 0 Å². The summed E-state index contributed by atoms with van der Waals surface area (Å²) in [6.07, 6.45) is 0.977. The molecular formula is C12H11ClF5N5O4S3. The molecule has 0 saturated carbocycles. The summed E-state index contributed by atoms with van der Waals surface area (Å²) in [5, 5.41) is 11.8. The van der Waals surface area contributed by atoms with Crippen LogP contribution in [0.25, 0.3) is 5.69 Å². The van der Waals surface area contributed by atoms with E-state index in [2.05, 4.69) is 5.10 Å². The average molecular weight is 516 g/mol. The van der Waals surface area contributed by atoms with Crippen molar-refractivity contribution >= 4 is 53.4 Å². The van der Waals surface area contributed by atoms with Crippen molar-refractivity contribution in [2.45, 2.75) is 4.90 Å². The summed E-state index contributed by atoms with van der Waals surface area (Å²) < 4.78 is 113. The third-order valence-corrected chi connectivity index (χ3v) is 8.02. The van der Waals surface area contributed by atoms with E-state index < -0.39 is 63.1 Å². The van der Waals surface area contributed by atoms with E-state index in [9.17, 15) is 41.5 Å². The van der Waals surface area contributed by atoms with Crippen molar-refractivity contribution in [2.75, 3.05) is 22.0 Å². The maximum atomic E-state index is 12.9. The molecule has 2 aromatic rings. The Kier molecular flexibility index (Phi) is 4.89. The van der Waals surface area contributed by atoms with Gasteiger partial charge in [-0.3, -0.25) is 0 Å². The monoisotopic (exact) mass is 515 g/mol. The summed E-state index contributed by atoms with van der Waals surface area (Å²) in [6.45, 7) is 0. The summed E-state index contributed by atoms with van der Waals surface area (Å²) in [5.41, 5.74) is 3.41. The molecule has 1 aromatic carbocycles. The SMILES string of the molecule is CS(=O)(=O)N(c1c(C#N)nn(-c2ccc(S(F)(F)(F)(F)F)cc2Cl)c1N)S(C)(=O)=O. The van der Waals surface area contributed by atoms with Crippen molar-refractivity contribution in [3.63, 3.8) is 0 Å².